The zero-order valence-electron chi connectivity index (χ0n) is 9.84. The third-order valence-electron chi connectivity index (χ3n) is 3.51. The molecule has 3 rings (SSSR count). The second kappa shape index (κ2) is 4.47. The van der Waals surface area contributed by atoms with E-state index in [0.29, 0.717) is 12.5 Å². The monoisotopic (exact) mass is 227 g/mol. The van der Waals surface area contributed by atoms with Crippen molar-refractivity contribution in [3.8, 4) is 0 Å². The van der Waals surface area contributed by atoms with Crippen LogP contribution in [0.25, 0.3) is 10.8 Å². The summed E-state index contributed by atoms with van der Waals surface area (Å²) in [6.45, 7) is 3.39. The van der Waals surface area contributed by atoms with Gasteiger partial charge in [0.05, 0.1) is 0 Å². The highest BCUT2D eigenvalue weighted by Gasteiger charge is 2.25. The third-order valence-corrected chi connectivity index (χ3v) is 3.51. The summed E-state index contributed by atoms with van der Waals surface area (Å²) in [4.78, 5) is 2.38. The first-order valence-corrected chi connectivity index (χ1v) is 6.16. The standard InChI is InChI=1S/C15H17NO/c17-11-13-9-16(10-13)8-12-5-6-14-3-1-2-4-15(14)7-12/h1-7,13,17H,8-11H2. The van der Waals surface area contributed by atoms with Crippen molar-refractivity contribution in [2.75, 3.05) is 19.7 Å². The van der Waals surface area contributed by atoms with E-state index in [9.17, 15) is 0 Å². The molecule has 2 aromatic rings. The molecule has 0 spiro atoms. The highest BCUT2D eigenvalue weighted by Crippen LogP contribution is 2.21. The largest absolute Gasteiger partial charge is 0.396 e. The van der Waals surface area contributed by atoms with Gasteiger partial charge in [0.15, 0.2) is 0 Å². The Hall–Kier alpha value is -1.38. The van der Waals surface area contributed by atoms with Crippen LogP contribution >= 0.6 is 0 Å². The van der Waals surface area contributed by atoms with Crippen LogP contribution in [-0.2, 0) is 6.54 Å². The second-order valence-electron chi connectivity index (χ2n) is 4.92. The van der Waals surface area contributed by atoms with Crippen molar-refractivity contribution >= 4 is 10.8 Å². The van der Waals surface area contributed by atoms with Gasteiger partial charge in [-0.3, -0.25) is 4.90 Å². The van der Waals surface area contributed by atoms with E-state index in [1.165, 1.54) is 16.3 Å². The molecule has 0 radical (unpaired) electrons. The van der Waals surface area contributed by atoms with E-state index in [0.717, 1.165) is 19.6 Å². The Balaban J connectivity index is 1.73. The lowest BCUT2D eigenvalue weighted by atomic mass is 9.99. The van der Waals surface area contributed by atoms with Gasteiger partial charge in [0, 0.05) is 32.2 Å². The van der Waals surface area contributed by atoms with Gasteiger partial charge < -0.3 is 5.11 Å². The summed E-state index contributed by atoms with van der Waals surface area (Å²) in [5.41, 5.74) is 1.36. The lowest BCUT2D eigenvalue weighted by Crippen LogP contribution is -2.47. The van der Waals surface area contributed by atoms with E-state index >= 15 is 0 Å². The fourth-order valence-electron chi connectivity index (χ4n) is 2.52. The molecule has 0 atom stereocenters. The molecule has 1 fully saturated rings. The number of benzene rings is 2. The van der Waals surface area contributed by atoms with Crippen LogP contribution in [0.1, 0.15) is 5.56 Å². The first kappa shape index (κ1) is 10.8. The van der Waals surface area contributed by atoms with Crippen molar-refractivity contribution in [3.63, 3.8) is 0 Å². The van der Waals surface area contributed by atoms with E-state index in [2.05, 4.69) is 47.4 Å². The summed E-state index contributed by atoms with van der Waals surface area (Å²) >= 11 is 0. The van der Waals surface area contributed by atoms with E-state index in [1.807, 2.05) is 0 Å². The van der Waals surface area contributed by atoms with Crippen LogP contribution in [0.5, 0.6) is 0 Å². The van der Waals surface area contributed by atoms with Crippen molar-refractivity contribution in [3.05, 3.63) is 48.0 Å². The molecular formula is C15H17NO. The Bertz CT molecular complexity index is 517. The van der Waals surface area contributed by atoms with Crippen LogP contribution < -0.4 is 0 Å². The summed E-state index contributed by atoms with van der Waals surface area (Å²) in [7, 11) is 0. The molecule has 1 aliphatic heterocycles. The average Bonchev–Trinajstić information content (AvgIpc) is 2.33. The van der Waals surface area contributed by atoms with E-state index in [1.54, 1.807) is 0 Å². The smallest absolute Gasteiger partial charge is 0.0483 e. The Labute approximate surface area is 101 Å². The maximum Gasteiger partial charge on any atom is 0.0483 e. The first-order chi connectivity index (χ1) is 8.35. The van der Waals surface area contributed by atoms with Crippen LogP contribution in [0.15, 0.2) is 42.5 Å². The van der Waals surface area contributed by atoms with Gasteiger partial charge in [0.2, 0.25) is 0 Å². The minimum atomic E-state index is 0.328. The summed E-state index contributed by atoms with van der Waals surface area (Å²) in [5, 5.41) is 11.6. The van der Waals surface area contributed by atoms with E-state index in [4.69, 9.17) is 5.11 Å². The van der Waals surface area contributed by atoms with E-state index < -0.39 is 0 Å². The average molecular weight is 227 g/mol. The van der Waals surface area contributed by atoms with E-state index in [-0.39, 0.29) is 0 Å². The van der Waals surface area contributed by atoms with Crippen molar-refractivity contribution in [2.24, 2.45) is 5.92 Å². The molecule has 1 aliphatic rings. The molecule has 0 amide bonds. The first-order valence-electron chi connectivity index (χ1n) is 6.16. The van der Waals surface area contributed by atoms with Crippen LogP contribution in [0.3, 0.4) is 0 Å². The third kappa shape index (κ3) is 2.19. The summed E-state index contributed by atoms with van der Waals surface area (Å²) in [6, 6.07) is 15.1. The van der Waals surface area contributed by atoms with Gasteiger partial charge in [-0.25, -0.2) is 0 Å². The highest BCUT2D eigenvalue weighted by atomic mass is 16.3. The number of rotatable bonds is 3. The fraction of sp³-hybridized carbons (Fsp3) is 0.333. The quantitative estimate of drug-likeness (QED) is 0.869. The predicted octanol–water partition coefficient (Wildman–Crippen LogP) is 2.26. The number of hydrogen-bond acceptors (Lipinski definition) is 2. The zero-order valence-corrected chi connectivity index (χ0v) is 9.84. The van der Waals surface area contributed by atoms with Gasteiger partial charge in [-0.15, -0.1) is 0 Å². The lowest BCUT2D eigenvalue weighted by molar-refractivity contribution is 0.0479. The van der Waals surface area contributed by atoms with Crippen molar-refractivity contribution in [1.82, 2.24) is 4.90 Å². The molecular weight excluding hydrogens is 210 g/mol. The summed E-state index contributed by atoms with van der Waals surface area (Å²) in [6.07, 6.45) is 0. The molecule has 1 saturated heterocycles. The highest BCUT2D eigenvalue weighted by molar-refractivity contribution is 5.82. The van der Waals surface area contributed by atoms with Gasteiger partial charge >= 0.3 is 0 Å². The molecule has 0 aromatic heterocycles. The number of fused-ring (bicyclic) bond motifs is 1. The SMILES string of the molecule is OCC1CN(Cc2ccc3ccccc3c2)C1. The van der Waals surface area contributed by atoms with Gasteiger partial charge in [-0.2, -0.15) is 0 Å². The molecule has 0 aliphatic carbocycles. The molecule has 88 valence electrons. The minimum Gasteiger partial charge on any atom is -0.396 e. The topological polar surface area (TPSA) is 23.5 Å². The van der Waals surface area contributed by atoms with Crippen LogP contribution in [0.2, 0.25) is 0 Å². The van der Waals surface area contributed by atoms with Crippen LogP contribution in [-0.4, -0.2) is 29.7 Å². The molecule has 0 bridgehead atoms. The van der Waals surface area contributed by atoms with Gasteiger partial charge in [0.25, 0.3) is 0 Å². The Morgan fingerprint density at radius 2 is 1.82 bits per heavy atom. The fourth-order valence-corrected chi connectivity index (χ4v) is 2.52. The number of likely N-dealkylation sites (tertiary alicyclic amines) is 1. The molecule has 2 heteroatoms. The van der Waals surface area contributed by atoms with Crippen molar-refractivity contribution in [2.45, 2.75) is 6.54 Å². The summed E-state index contributed by atoms with van der Waals surface area (Å²) < 4.78 is 0. The maximum atomic E-state index is 8.98. The Kier molecular flexibility index (Phi) is 2.83. The maximum absolute atomic E-state index is 8.98. The summed E-state index contributed by atoms with van der Waals surface area (Å²) in [5.74, 6) is 0.496. The molecule has 1 heterocycles. The molecule has 2 nitrogen and oxygen atoms in total. The normalized spacial score (nSPS) is 17.2. The number of hydrogen-bond donors (Lipinski definition) is 1. The van der Waals surface area contributed by atoms with Crippen molar-refractivity contribution < 1.29 is 5.11 Å². The van der Waals surface area contributed by atoms with Crippen LogP contribution in [0, 0.1) is 5.92 Å². The Morgan fingerprint density at radius 3 is 2.59 bits per heavy atom. The second-order valence-corrected chi connectivity index (χ2v) is 4.92. The predicted molar refractivity (Wildman–Crippen MR) is 69.8 cm³/mol. The van der Waals surface area contributed by atoms with Gasteiger partial charge in [-0.05, 0) is 22.4 Å². The molecule has 0 saturated carbocycles. The van der Waals surface area contributed by atoms with Crippen molar-refractivity contribution in [1.29, 1.82) is 0 Å². The molecule has 2 aromatic carbocycles. The minimum absolute atomic E-state index is 0.328. The lowest BCUT2D eigenvalue weighted by Gasteiger charge is -2.38. The van der Waals surface area contributed by atoms with Gasteiger partial charge in [0.1, 0.15) is 0 Å². The van der Waals surface area contributed by atoms with Crippen LogP contribution in [0.4, 0.5) is 0 Å². The molecule has 17 heavy (non-hydrogen) atoms. The molecule has 0 unspecified atom stereocenters. The zero-order chi connectivity index (χ0) is 11.7. The van der Waals surface area contributed by atoms with Gasteiger partial charge in [-0.1, -0.05) is 36.4 Å². The molecule has 1 N–H and O–H groups in total. The number of aliphatic hydroxyl groups excluding tert-OH is 1. The number of nitrogens with zero attached hydrogens (tertiary/aromatic N) is 1. The Morgan fingerprint density at radius 1 is 1.06 bits per heavy atom. The number of aliphatic hydroxyl groups is 1.